The van der Waals surface area contributed by atoms with Gasteiger partial charge >= 0.3 is 0 Å². The first-order valence-corrected chi connectivity index (χ1v) is 7.51. The molecule has 4 heteroatoms. The molecule has 0 aliphatic carbocycles. The van der Waals surface area contributed by atoms with Gasteiger partial charge in [0.15, 0.2) is 0 Å². The molecular formula is C16H15BrClNO. The summed E-state index contributed by atoms with van der Waals surface area (Å²) in [5.74, 6) is 0.307. The van der Waals surface area contributed by atoms with E-state index in [1.165, 1.54) is 5.56 Å². The van der Waals surface area contributed by atoms with Gasteiger partial charge in [-0.3, -0.25) is 4.79 Å². The zero-order chi connectivity index (χ0) is 14.7. The maximum atomic E-state index is 12.1. The number of hydrogen-bond acceptors (Lipinski definition) is 1. The summed E-state index contributed by atoms with van der Waals surface area (Å²) in [6, 6.07) is 13.0. The molecule has 0 unspecified atom stereocenters. The van der Waals surface area contributed by atoms with Crippen LogP contribution in [-0.4, -0.2) is 5.91 Å². The zero-order valence-electron chi connectivity index (χ0n) is 11.3. The van der Waals surface area contributed by atoms with E-state index in [9.17, 15) is 4.79 Å². The van der Waals surface area contributed by atoms with E-state index in [4.69, 9.17) is 11.6 Å². The number of halogens is 2. The zero-order valence-corrected chi connectivity index (χ0v) is 13.6. The van der Waals surface area contributed by atoms with Gasteiger partial charge in [-0.25, -0.2) is 0 Å². The maximum absolute atomic E-state index is 12.1. The van der Waals surface area contributed by atoms with E-state index in [1.54, 1.807) is 18.2 Å². The van der Waals surface area contributed by atoms with Gasteiger partial charge in [0.2, 0.25) is 0 Å². The van der Waals surface area contributed by atoms with Crippen molar-refractivity contribution >= 4 is 39.1 Å². The highest BCUT2D eigenvalue weighted by molar-refractivity contribution is 9.10. The molecule has 0 fully saturated rings. The quantitative estimate of drug-likeness (QED) is 0.779. The third-order valence-electron chi connectivity index (χ3n) is 3.02. The van der Waals surface area contributed by atoms with E-state index in [0.717, 1.165) is 10.2 Å². The fourth-order valence-corrected chi connectivity index (χ4v) is 2.22. The highest BCUT2D eigenvalue weighted by Crippen LogP contribution is 2.24. The minimum Gasteiger partial charge on any atom is -0.322 e. The Bertz CT molecular complexity index is 623. The molecule has 0 saturated carbocycles. The van der Waals surface area contributed by atoms with Crippen LogP contribution in [0.3, 0.4) is 0 Å². The van der Waals surface area contributed by atoms with Crippen molar-refractivity contribution < 1.29 is 4.79 Å². The van der Waals surface area contributed by atoms with Crippen LogP contribution in [0.4, 0.5) is 5.69 Å². The largest absolute Gasteiger partial charge is 0.322 e. The lowest BCUT2D eigenvalue weighted by Crippen LogP contribution is -2.11. The monoisotopic (exact) mass is 351 g/mol. The minimum absolute atomic E-state index is 0.170. The molecule has 0 bridgehead atoms. The molecule has 20 heavy (non-hydrogen) atoms. The molecule has 0 spiro atoms. The van der Waals surface area contributed by atoms with E-state index in [0.29, 0.717) is 16.5 Å². The van der Waals surface area contributed by atoms with Crippen molar-refractivity contribution in [3.05, 3.63) is 63.1 Å². The number of carbonyl (C=O) groups excluding carboxylic acids is 1. The number of nitrogens with one attached hydrogen (secondary N) is 1. The second-order valence-corrected chi connectivity index (χ2v) is 6.12. The lowest BCUT2D eigenvalue weighted by Gasteiger charge is -2.09. The molecule has 1 N–H and O–H groups in total. The fraction of sp³-hybridized carbons (Fsp3) is 0.188. The maximum Gasteiger partial charge on any atom is 0.255 e. The summed E-state index contributed by atoms with van der Waals surface area (Å²) in [6.07, 6.45) is 0. The molecule has 0 aliphatic heterocycles. The van der Waals surface area contributed by atoms with Crippen LogP contribution in [0.1, 0.15) is 35.7 Å². The second kappa shape index (κ2) is 6.42. The Kier molecular flexibility index (Phi) is 4.84. The lowest BCUT2D eigenvalue weighted by molar-refractivity contribution is 0.102. The predicted molar refractivity (Wildman–Crippen MR) is 87.6 cm³/mol. The van der Waals surface area contributed by atoms with Gasteiger partial charge in [-0.05, 0) is 57.7 Å². The van der Waals surface area contributed by atoms with Crippen molar-refractivity contribution in [1.29, 1.82) is 0 Å². The highest BCUT2D eigenvalue weighted by Gasteiger charge is 2.08. The number of benzene rings is 2. The topological polar surface area (TPSA) is 29.1 Å². The molecule has 104 valence electrons. The Hall–Kier alpha value is -1.32. The first-order valence-electron chi connectivity index (χ1n) is 6.33. The summed E-state index contributed by atoms with van der Waals surface area (Å²) in [4.78, 5) is 12.1. The van der Waals surface area contributed by atoms with Crippen molar-refractivity contribution in [2.75, 3.05) is 5.32 Å². The van der Waals surface area contributed by atoms with Crippen molar-refractivity contribution in [3.8, 4) is 0 Å². The van der Waals surface area contributed by atoms with Gasteiger partial charge < -0.3 is 5.32 Å². The number of anilines is 1. The Labute approximate surface area is 132 Å². The molecule has 0 aliphatic rings. The average molecular weight is 353 g/mol. The molecule has 0 saturated heterocycles. The SMILES string of the molecule is CC(C)c1ccc(NC(=O)c2ccc(Br)c(Cl)c2)cc1. The van der Waals surface area contributed by atoms with Crippen LogP contribution in [0.5, 0.6) is 0 Å². The van der Waals surface area contributed by atoms with Crippen molar-refractivity contribution in [2.24, 2.45) is 0 Å². The molecule has 1 amide bonds. The molecule has 2 aromatic carbocycles. The molecular weight excluding hydrogens is 338 g/mol. The smallest absolute Gasteiger partial charge is 0.255 e. The summed E-state index contributed by atoms with van der Waals surface area (Å²) < 4.78 is 0.775. The van der Waals surface area contributed by atoms with Crippen LogP contribution in [0.25, 0.3) is 0 Å². The van der Waals surface area contributed by atoms with E-state index in [1.807, 2.05) is 24.3 Å². The van der Waals surface area contributed by atoms with Crippen molar-refractivity contribution in [2.45, 2.75) is 19.8 Å². The molecule has 0 aromatic heterocycles. The van der Waals surface area contributed by atoms with E-state index >= 15 is 0 Å². The van der Waals surface area contributed by atoms with Gasteiger partial charge in [0.1, 0.15) is 0 Å². The number of hydrogen-bond donors (Lipinski definition) is 1. The third kappa shape index (κ3) is 3.62. The van der Waals surface area contributed by atoms with Crippen LogP contribution in [0.15, 0.2) is 46.9 Å². The fourth-order valence-electron chi connectivity index (χ4n) is 1.79. The Morgan fingerprint density at radius 2 is 1.80 bits per heavy atom. The van der Waals surface area contributed by atoms with Gasteiger partial charge in [0.05, 0.1) is 5.02 Å². The lowest BCUT2D eigenvalue weighted by atomic mass is 10.0. The summed E-state index contributed by atoms with van der Waals surface area (Å²) in [6.45, 7) is 4.27. The predicted octanol–water partition coefficient (Wildman–Crippen LogP) is 5.48. The van der Waals surface area contributed by atoms with Crippen LogP contribution in [-0.2, 0) is 0 Å². The first kappa shape index (κ1) is 15.1. The van der Waals surface area contributed by atoms with Crippen molar-refractivity contribution in [3.63, 3.8) is 0 Å². The standard InChI is InChI=1S/C16H15BrClNO/c1-10(2)11-3-6-13(7-4-11)19-16(20)12-5-8-14(17)15(18)9-12/h3-10H,1-2H3,(H,19,20). The molecule has 2 aromatic rings. The Morgan fingerprint density at radius 1 is 1.15 bits per heavy atom. The van der Waals surface area contributed by atoms with Gasteiger partial charge in [0.25, 0.3) is 5.91 Å². The highest BCUT2D eigenvalue weighted by atomic mass is 79.9. The number of amides is 1. The van der Waals surface area contributed by atoms with Gasteiger partial charge in [-0.1, -0.05) is 37.6 Å². The summed E-state index contributed by atoms with van der Waals surface area (Å²) in [7, 11) is 0. The second-order valence-electron chi connectivity index (χ2n) is 4.86. The van der Waals surface area contributed by atoms with Gasteiger partial charge in [0, 0.05) is 15.7 Å². The summed E-state index contributed by atoms with van der Waals surface area (Å²) in [5.41, 5.74) is 2.55. The minimum atomic E-state index is -0.170. The Morgan fingerprint density at radius 3 is 2.35 bits per heavy atom. The number of carbonyl (C=O) groups is 1. The molecule has 0 atom stereocenters. The van der Waals surface area contributed by atoms with Gasteiger partial charge in [-0.2, -0.15) is 0 Å². The molecule has 2 nitrogen and oxygen atoms in total. The van der Waals surface area contributed by atoms with Gasteiger partial charge in [-0.15, -0.1) is 0 Å². The van der Waals surface area contributed by atoms with E-state index < -0.39 is 0 Å². The van der Waals surface area contributed by atoms with Crippen molar-refractivity contribution in [1.82, 2.24) is 0 Å². The molecule has 0 radical (unpaired) electrons. The Balaban J connectivity index is 2.12. The van der Waals surface area contributed by atoms with Crippen LogP contribution in [0, 0.1) is 0 Å². The first-order chi connectivity index (χ1) is 9.47. The van der Waals surface area contributed by atoms with E-state index in [2.05, 4.69) is 35.1 Å². The molecule has 0 heterocycles. The van der Waals surface area contributed by atoms with Crippen LogP contribution < -0.4 is 5.32 Å². The van der Waals surface area contributed by atoms with E-state index in [-0.39, 0.29) is 5.91 Å². The average Bonchev–Trinajstić information content (AvgIpc) is 2.42. The molecule has 2 rings (SSSR count). The van der Waals surface area contributed by atoms with Crippen LogP contribution in [0.2, 0.25) is 5.02 Å². The third-order valence-corrected chi connectivity index (χ3v) is 4.25. The summed E-state index contributed by atoms with van der Waals surface area (Å²) >= 11 is 9.29. The number of rotatable bonds is 3. The normalized spacial score (nSPS) is 10.7. The summed E-state index contributed by atoms with van der Waals surface area (Å²) in [5, 5.41) is 3.38. The van der Waals surface area contributed by atoms with Crippen LogP contribution >= 0.6 is 27.5 Å².